The zero-order valence-electron chi connectivity index (χ0n) is 12.0. The highest BCUT2D eigenvalue weighted by Gasteiger charge is 2.14. The van der Waals surface area contributed by atoms with Crippen LogP contribution in [-0.2, 0) is 0 Å². The fourth-order valence-electron chi connectivity index (χ4n) is 2.43. The molecule has 0 atom stereocenters. The second-order valence-corrected chi connectivity index (χ2v) is 5.66. The maximum Gasteiger partial charge on any atom is 0.226 e. The molecule has 2 aromatic heterocycles. The van der Waals surface area contributed by atoms with Crippen LogP contribution in [0.5, 0.6) is 5.75 Å². The van der Waals surface area contributed by atoms with Crippen LogP contribution in [0.1, 0.15) is 0 Å². The predicted molar refractivity (Wildman–Crippen MR) is 90.3 cm³/mol. The molecule has 4 rings (SSSR count). The van der Waals surface area contributed by atoms with Gasteiger partial charge in [-0.1, -0.05) is 17.7 Å². The van der Waals surface area contributed by atoms with Crippen LogP contribution in [0.25, 0.3) is 27.9 Å². The van der Waals surface area contributed by atoms with E-state index in [4.69, 9.17) is 27.9 Å². The number of methoxy groups -OCH3 is 1. The van der Waals surface area contributed by atoms with E-state index in [1.807, 2.05) is 36.4 Å². The monoisotopic (exact) mass is 344 g/mol. The second kappa shape index (κ2) is 5.37. The van der Waals surface area contributed by atoms with E-state index in [0.717, 1.165) is 16.7 Å². The molecule has 0 aliphatic rings. The summed E-state index contributed by atoms with van der Waals surface area (Å²) in [5.74, 6) is 1.33. The molecule has 0 saturated heterocycles. The van der Waals surface area contributed by atoms with Crippen molar-refractivity contribution >= 4 is 39.8 Å². The summed E-state index contributed by atoms with van der Waals surface area (Å²) in [6, 6.07) is 13.0. The van der Waals surface area contributed by atoms with E-state index in [1.165, 1.54) is 4.52 Å². The Labute approximate surface area is 141 Å². The van der Waals surface area contributed by atoms with Crippen LogP contribution in [0, 0.1) is 0 Å². The SMILES string of the molecule is COc1ccc(-c2nc3c4cccc(Cl)c4nc(Cl)n3n2)cc1. The molecule has 7 heteroatoms. The minimum absolute atomic E-state index is 0.216. The Hall–Kier alpha value is -2.37. The average Bonchev–Trinajstić information content (AvgIpc) is 3.02. The van der Waals surface area contributed by atoms with Crippen molar-refractivity contribution in [2.75, 3.05) is 7.11 Å². The van der Waals surface area contributed by atoms with Gasteiger partial charge in [0.25, 0.3) is 0 Å². The molecule has 4 aromatic rings. The number of ether oxygens (including phenoxy) is 1. The van der Waals surface area contributed by atoms with E-state index in [-0.39, 0.29) is 5.28 Å². The fraction of sp³-hybridized carbons (Fsp3) is 0.0625. The maximum absolute atomic E-state index is 6.23. The number of hydrogen-bond donors (Lipinski definition) is 0. The largest absolute Gasteiger partial charge is 0.497 e. The van der Waals surface area contributed by atoms with Crippen LogP contribution in [0.15, 0.2) is 42.5 Å². The molecule has 0 aliphatic carbocycles. The van der Waals surface area contributed by atoms with Gasteiger partial charge in [-0.2, -0.15) is 4.52 Å². The highest BCUT2D eigenvalue weighted by molar-refractivity contribution is 6.36. The minimum atomic E-state index is 0.216. The Balaban J connectivity index is 1.98. The molecule has 2 aromatic carbocycles. The maximum atomic E-state index is 6.23. The van der Waals surface area contributed by atoms with Crippen molar-refractivity contribution < 1.29 is 4.74 Å². The van der Waals surface area contributed by atoms with Crippen molar-refractivity contribution in [1.82, 2.24) is 19.6 Å². The highest BCUT2D eigenvalue weighted by Crippen LogP contribution is 2.28. The summed E-state index contributed by atoms with van der Waals surface area (Å²) < 4.78 is 6.68. The molecular weight excluding hydrogens is 335 g/mol. The molecule has 0 spiro atoms. The van der Waals surface area contributed by atoms with Gasteiger partial charge < -0.3 is 4.74 Å². The van der Waals surface area contributed by atoms with Crippen molar-refractivity contribution in [3.8, 4) is 17.1 Å². The highest BCUT2D eigenvalue weighted by atomic mass is 35.5. The number of hydrogen-bond acceptors (Lipinski definition) is 4. The molecule has 0 saturated carbocycles. The molecule has 0 fully saturated rings. The summed E-state index contributed by atoms with van der Waals surface area (Å²) in [5.41, 5.74) is 2.09. The summed E-state index contributed by atoms with van der Waals surface area (Å²) in [6.07, 6.45) is 0. The molecule has 0 unspecified atom stereocenters. The van der Waals surface area contributed by atoms with Crippen LogP contribution in [0.2, 0.25) is 10.3 Å². The lowest BCUT2D eigenvalue weighted by molar-refractivity contribution is 0.415. The summed E-state index contributed by atoms with van der Waals surface area (Å²) in [5, 5.41) is 5.99. The van der Waals surface area contributed by atoms with Crippen LogP contribution >= 0.6 is 23.2 Å². The lowest BCUT2D eigenvalue weighted by atomic mass is 10.2. The first kappa shape index (κ1) is 14.2. The third kappa shape index (κ3) is 2.29. The van der Waals surface area contributed by atoms with Crippen molar-refractivity contribution in [3.63, 3.8) is 0 Å². The zero-order valence-corrected chi connectivity index (χ0v) is 13.5. The van der Waals surface area contributed by atoms with E-state index < -0.39 is 0 Å². The third-order valence-corrected chi connectivity index (χ3v) is 4.11. The Morgan fingerprint density at radius 3 is 2.52 bits per heavy atom. The smallest absolute Gasteiger partial charge is 0.226 e. The van der Waals surface area contributed by atoms with E-state index in [1.54, 1.807) is 13.2 Å². The lowest BCUT2D eigenvalue weighted by Gasteiger charge is -2.02. The van der Waals surface area contributed by atoms with Gasteiger partial charge in [-0.15, -0.1) is 5.10 Å². The van der Waals surface area contributed by atoms with Crippen molar-refractivity contribution in [1.29, 1.82) is 0 Å². The quantitative estimate of drug-likeness (QED) is 0.510. The van der Waals surface area contributed by atoms with Gasteiger partial charge in [0, 0.05) is 10.9 Å². The normalized spacial score (nSPS) is 11.3. The summed E-state index contributed by atoms with van der Waals surface area (Å²) in [4.78, 5) is 8.91. The van der Waals surface area contributed by atoms with Gasteiger partial charge in [0.2, 0.25) is 5.28 Å². The first-order valence-electron chi connectivity index (χ1n) is 6.82. The third-order valence-electron chi connectivity index (χ3n) is 3.56. The van der Waals surface area contributed by atoms with Crippen LogP contribution in [-0.4, -0.2) is 26.7 Å². The number of nitrogens with zero attached hydrogens (tertiary/aromatic N) is 4. The molecule has 5 nitrogen and oxygen atoms in total. The number of para-hydroxylation sites is 1. The molecular formula is C16H10Cl2N4O. The average molecular weight is 345 g/mol. The van der Waals surface area contributed by atoms with E-state index in [0.29, 0.717) is 22.0 Å². The zero-order chi connectivity index (χ0) is 16.0. The Bertz CT molecular complexity index is 1030. The van der Waals surface area contributed by atoms with E-state index >= 15 is 0 Å². The van der Waals surface area contributed by atoms with E-state index in [9.17, 15) is 0 Å². The first-order valence-corrected chi connectivity index (χ1v) is 7.58. The topological polar surface area (TPSA) is 52.3 Å². The van der Waals surface area contributed by atoms with E-state index in [2.05, 4.69) is 15.1 Å². The molecule has 0 amide bonds. The van der Waals surface area contributed by atoms with Crippen molar-refractivity contribution in [2.24, 2.45) is 0 Å². The summed E-state index contributed by atoms with van der Waals surface area (Å²) >= 11 is 12.4. The molecule has 0 bridgehead atoms. The molecule has 23 heavy (non-hydrogen) atoms. The van der Waals surface area contributed by atoms with Crippen LogP contribution < -0.4 is 4.74 Å². The predicted octanol–water partition coefficient (Wildman–Crippen LogP) is 4.26. The van der Waals surface area contributed by atoms with Gasteiger partial charge in [0.15, 0.2) is 11.5 Å². The molecule has 2 heterocycles. The molecule has 0 radical (unpaired) electrons. The fourth-order valence-corrected chi connectivity index (χ4v) is 2.85. The summed E-state index contributed by atoms with van der Waals surface area (Å²) in [6.45, 7) is 0. The van der Waals surface area contributed by atoms with Crippen LogP contribution in [0.4, 0.5) is 0 Å². The Morgan fingerprint density at radius 1 is 1.00 bits per heavy atom. The number of rotatable bonds is 2. The minimum Gasteiger partial charge on any atom is -0.497 e. The van der Waals surface area contributed by atoms with Gasteiger partial charge >= 0.3 is 0 Å². The van der Waals surface area contributed by atoms with Crippen molar-refractivity contribution in [3.05, 3.63) is 52.8 Å². The first-order chi connectivity index (χ1) is 11.2. The molecule has 114 valence electrons. The Morgan fingerprint density at radius 2 is 1.78 bits per heavy atom. The molecule has 0 aliphatic heterocycles. The molecule has 0 N–H and O–H groups in total. The van der Waals surface area contributed by atoms with Gasteiger partial charge in [0.05, 0.1) is 17.6 Å². The van der Waals surface area contributed by atoms with Gasteiger partial charge in [-0.3, -0.25) is 0 Å². The second-order valence-electron chi connectivity index (χ2n) is 4.92. The van der Waals surface area contributed by atoms with Crippen molar-refractivity contribution in [2.45, 2.75) is 0 Å². The van der Waals surface area contributed by atoms with Gasteiger partial charge in [-0.05, 0) is 48.0 Å². The number of halogens is 2. The number of benzene rings is 2. The van der Waals surface area contributed by atoms with Crippen LogP contribution in [0.3, 0.4) is 0 Å². The number of aromatic nitrogens is 4. The van der Waals surface area contributed by atoms with Gasteiger partial charge in [0.1, 0.15) is 5.75 Å². The Kier molecular flexibility index (Phi) is 3.32. The number of fused-ring (bicyclic) bond motifs is 3. The standard InChI is InChI=1S/C16H10Cl2N4O/c1-23-10-7-5-9(6-8-10)14-20-15-11-3-2-4-12(17)13(11)19-16(18)22(15)21-14/h2-8H,1H3. The van der Waals surface area contributed by atoms with Gasteiger partial charge in [-0.25, -0.2) is 9.97 Å². The lowest BCUT2D eigenvalue weighted by Crippen LogP contribution is -1.95. The summed E-state index contributed by atoms with van der Waals surface area (Å²) in [7, 11) is 1.62.